The van der Waals surface area contributed by atoms with Gasteiger partial charge < -0.3 is 8.94 Å². The molecule has 0 radical (unpaired) electrons. The van der Waals surface area contributed by atoms with E-state index in [9.17, 15) is 13.2 Å². The summed E-state index contributed by atoms with van der Waals surface area (Å²) in [4.78, 5) is 8.61. The van der Waals surface area contributed by atoms with E-state index in [2.05, 4.69) is 15.1 Å². The van der Waals surface area contributed by atoms with Crippen LogP contribution in [0.2, 0.25) is 0 Å². The van der Waals surface area contributed by atoms with E-state index in [-0.39, 0.29) is 11.4 Å². The first-order valence-corrected chi connectivity index (χ1v) is 9.72. The SMILES string of the molecule is FC(F)(F)c1cccc(-c2noc(CSCc3coc(-c4ccccc4)n3)n2)c1. The number of aromatic nitrogens is 3. The fraction of sp³-hybridized carbons (Fsp3) is 0.150. The molecule has 0 aliphatic heterocycles. The summed E-state index contributed by atoms with van der Waals surface area (Å²) in [5.41, 5.74) is 1.16. The zero-order valence-corrected chi connectivity index (χ0v) is 15.7. The summed E-state index contributed by atoms with van der Waals surface area (Å²) in [5.74, 6) is 1.97. The van der Waals surface area contributed by atoms with E-state index in [0.29, 0.717) is 23.3 Å². The van der Waals surface area contributed by atoms with Crippen molar-refractivity contribution < 1.29 is 22.1 Å². The molecule has 2 aromatic heterocycles. The Bertz CT molecular complexity index is 1090. The number of benzene rings is 2. The average Bonchev–Trinajstić information content (AvgIpc) is 3.38. The molecule has 2 heterocycles. The summed E-state index contributed by atoms with van der Waals surface area (Å²) < 4.78 is 49.2. The second kappa shape index (κ2) is 8.12. The lowest BCUT2D eigenvalue weighted by molar-refractivity contribution is -0.137. The molecule has 0 bridgehead atoms. The third kappa shape index (κ3) is 4.68. The van der Waals surface area contributed by atoms with Crippen molar-refractivity contribution in [3.05, 3.63) is 78.0 Å². The smallest absolute Gasteiger partial charge is 0.416 e. The Kier molecular flexibility index (Phi) is 5.39. The molecule has 0 aliphatic rings. The average molecular weight is 417 g/mol. The highest BCUT2D eigenvalue weighted by atomic mass is 32.2. The van der Waals surface area contributed by atoms with Gasteiger partial charge in [-0.3, -0.25) is 0 Å². The van der Waals surface area contributed by atoms with Crippen LogP contribution in [0.4, 0.5) is 13.2 Å². The molecule has 0 atom stereocenters. The van der Waals surface area contributed by atoms with Crippen molar-refractivity contribution in [3.8, 4) is 22.8 Å². The van der Waals surface area contributed by atoms with Crippen LogP contribution in [0.5, 0.6) is 0 Å². The predicted octanol–water partition coefficient (Wildman–Crippen LogP) is 5.84. The molecular weight excluding hydrogens is 403 g/mol. The van der Waals surface area contributed by atoms with Gasteiger partial charge in [-0.05, 0) is 24.3 Å². The largest absolute Gasteiger partial charge is 0.444 e. The second-order valence-corrected chi connectivity index (χ2v) is 7.08. The van der Waals surface area contributed by atoms with Crippen LogP contribution >= 0.6 is 11.8 Å². The van der Waals surface area contributed by atoms with Gasteiger partial charge in [-0.15, -0.1) is 11.8 Å². The van der Waals surface area contributed by atoms with Crippen molar-refractivity contribution in [2.45, 2.75) is 17.7 Å². The van der Waals surface area contributed by atoms with Gasteiger partial charge in [-0.25, -0.2) is 4.98 Å². The molecule has 5 nitrogen and oxygen atoms in total. The number of hydrogen-bond acceptors (Lipinski definition) is 6. The van der Waals surface area contributed by atoms with Gasteiger partial charge in [-0.2, -0.15) is 18.2 Å². The molecular formula is C20H14F3N3O2S. The van der Waals surface area contributed by atoms with Crippen LogP contribution in [0.1, 0.15) is 17.1 Å². The van der Waals surface area contributed by atoms with Crippen molar-refractivity contribution in [1.29, 1.82) is 0 Å². The minimum atomic E-state index is -4.42. The summed E-state index contributed by atoms with van der Waals surface area (Å²) >= 11 is 1.49. The molecule has 4 rings (SSSR count). The van der Waals surface area contributed by atoms with Crippen LogP contribution in [-0.4, -0.2) is 15.1 Å². The van der Waals surface area contributed by atoms with Crippen molar-refractivity contribution in [2.24, 2.45) is 0 Å². The van der Waals surface area contributed by atoms with Gasteiger partial charge in [-0.1, -0.05) is 35.5 Å². The zero-order chi connectivity index (χ0) is 20.3. The third-order valence-electron chi connectivity index (χ3n) is 3.96. The highest BCUT2D eigenvalue weighted by Gasteiger charge is 2.30. The Morgan fingerprint density at radius 1 is 0.897 bits per heavy atom. The van der Waals surface area contributed by atoms with E-state index in [1.807, 2.05) is 30.3 Å². The van der Waals surface area contributed by atoms with Gasteiger partial charge in [0, 0.05) is 16.9 Å². The summed E-state index contributed by atoms with van der Waals surface area (Å²) in [6, 6.07) is 14.4. The standard InChI is InChI=1S/C20H14F3N3O2S/c21-20(22,23)15-8-4-7-14(9-15)18-25-17(28-26-18)12-29-11-16-10-27-19(24-16)13-5-2-1-3-6-13/h1-10H,11-12H2. The first-order chi connectivity index (χ1) is 14.0. The Labute approximate surface area is 168 Å². The highest BCUT2D eigenvalue weighted by molar-refractivity contribution is 7.97. The fourth-order valence-corrected chi connectivity index (χ4v) is 3.33. The van der Waals surface area contributed by atoms with E-state index in [4.69, 9.17) is 8.94 Å². The van der Waals surface area contributed by atoms with Crippen LogP contribution in [0.3, 0.4) is 0 Å². The molecule has 0 N–H and O–H groups in total. The second-order valence-electron chi connectivity index (χ2n) is 6.09. The van der Waals surface area contributed by atoms with Crippen LogP contribution in [-0.2, 0) is 17.7 Å². The lowest BCUT2D eigenvalue weighted by atomic mass is 10.1. The summed E-state index contributed by atoms with van der Waals surface area (Å²) in [6.45, 7) is 0. The van der Waals surface area contributed by atoms with Crippen LogP contribution < -0.4 is 0 Å². The lowest BCUT2D eigenvalue weighted by Gasteiger charge is -2.06. The molecule has 0 saturated carbocycles. The summed E-state index contributed by atoms with van der Waals surface area (Å²) in [5, 5.41) is 3.78. The van der Waals surface area contributed by atoms with E-state index >= 15 is 0 Å². The van der Waals surface area contributed by atoms with E-state index < -0.39 is 11.7 Å². The maximum absolute atomic E-state index is 12.8. The van der Waals surface area contributed by atoms with Crippen LogP contribution in [0.25, 0.3) is 22.8 Å². The minimum Gasteiger partial charge on any atom is -0.444 e. The molecule has 0 fully saturated rings. The maximum atomic E-state index is 12.8. The van der Waals surface area contributed by atoms with Crippen LogP contribution in [0, 0.1) is 0 Å². The van der Waals surface area contributed by atoms with Gasteiger partial charge in [0.2, 0.25) is 17.6 Å². The van der Waals surface area contributed by atoms with E-state index in [1.165, 1.54) is 23.9 Å². The van der Waals surface area contributed by atoms with Crippen molar-refractivity contribution in [1.82, 2.24) is 15.1 Å². The molecule has 0 amide bonds. The number of oxazole rings is 1. The first-order valence-electron chi connectivity index (χ1n) is 8.57. The highest BCUT2D eigenvalue weighted by Crippen LogP contribution is 2.31. The Hall–Kier alpha value is -3.07. The van der Waals surface area contributed by atoms with Crippen LogP contribution in [0.15, 0.2) is 69.8 Å². The monoisotopic (exact) mass is 417 g/mol. The number of hydrogen-bond donors (Lipinski definition) is 0. The molecule has 0 saturated heterocycles. The molecule has 0 unspecified atom stereocenters. The van der Waals surface area contributed by atoms with Gasteiger partial charge in [0.25, 0.3) is 0 Å². The van der Waals surface area contributed by atoms with Crippen molar-refractivity contribution in [2.75, 3.05) is 0 Å². The van der Waals surface area contributed by atoms with Gasteiger partial charge in [0.15, 0.2) is 0 Å². The zero-order valence-electron chi connectivity index (χ0n) is 14.9. The molecule has 29 heavy (non-hydrogen) atoms. The Balaban J connectivity index is 1.36. The lowest BCUT2D eigenvalue weighted by Crippen LogP contribution is -2.04. The first kappa shape index (κ1) is 19.3. The predicted molar refractivity (Wildman–Crippen MR) is 102 cm³/mol. The molecule has 0 aliphatic carbocycles. The third-order valence-corrected chi connectivity index (χ3v) is 4.92. The number of thioether (sulfide) groups is 1. The number of alkyl halides is 3. The number of halogens is 3. The molecule has 4 aromatic rings. The molecule has 2 aromatic carbocycles. The molecule has 148 valence electrons. The minimum absolute atomic E-state index is 0.125. The van der Waals surface area contributed by atoms with E-state index in [0.717, 1.165) is 23.4 Å². The van der Waals surface area contributed by atoms with Gasteiger partial charge >= 0.3 is 6.18 Å². The van der Waals surface area contributed by atoms with Crippen molar-refractivity contribution >= 4 is 11.8 Å². The quantitative estimate of drug-likeness (QED) is 0.392. The van der Waals surface area contributed by atoms with Gasteiger partial charge in [0.05, 0.1) is 17.0 Å². The Morgan fingerprint density at radius 3 is 2.48 bits per heavy atom. The maximum Gasteiger partial charge on any atom is 0.416 e. The van der Waals surface area contributed by atoms with Crippen molar-refractivity contribution in [3.63, 3.8) is 0 Å². The normalized spacial score (nSPS) is 11.7. The molecule has 9 heteroatoms. The summed E-state index contributed by atoms with van der Waals surface area (Å²) in [6.07, 6.45) is -2.83. The summed E-state index contributed by atoms with van der Waals surface area (Å²) in [7, 11) is 0. The molecule has 0 spiro atoms. The number of nitrogens with zero attached hydrogens (tertiary/aromatic N) is 3. The topological polar surface area (TPSA) is 65.0 Å². The Morgan fingerprint density at radius 2 is 1.69 bits per heavy atom. The van der Waals surface area contributed by atoms with E-state index in [1.54, 1.807) is 6.26 Å². The fourth-order valence-electron chi connectivity index (χ4n) is 2.59. The number of rotatable bonds is 6. The van der Waals surface area contributed by atoms with Gasteiger partial charge in [0.1, 0.15) is 6.26 Å².